The van der Waals surface area contributed by atoms with Crippen LogP contribution in [0, 0.1) is 5.92 Å². The summed E-state index contributed by atoms with van der Waals surface area (Å²) in [6, 6.07) is 2.18. The van der Waals surface area contributed by atoms with Crippen molar-refractivity contribution in [1.29, 1.82) is 0 Å². The van der Waals surface area contributed by atoms with E-state index in [1.807, 2.05) is 6.92 Å². The molecule has 7 heteroatoms. The normalized spacial score (nSPS) is 13.0. The van der Waals surface area contributed by atoms with Gasteiger partial charge in [0.2, 0.25) is 0 Å². The van der Waals surface area contributed by atoms with Crippen LogP contribution in [0.2, 0.25) is 5.02 Å². The molecular weight excluding hydrogens is 329 g/mol. The number of halogens is 4. The van der Waals surface area contributed by atoms with Gasteiger partial charge in [-0.25, -0.2) is 4.79 Å². The lowest BCUT2D eigenvalue weighted by Gasteiger charge is -2.16. The first-order valence-electron chi connectivity index (χ1n) is 7.54. The highest BCUT2D eigenvalue weighted by Gasteiger charge is 2.31. The average molecular weight is 351 g/mol. The van der Waals surface area contributed by atoms with Crippen molar-refractivity contribution < 1.29 is 18.0 Å². The van der Waals surface area contributed by atoms with Gasteiger partial charge in [0, 0.05) is 6.04 Å². The zero-order chi connectivity index (χ0) is 17.6. The second kappa shape index (κ2) is 8.43. The van der Waals surface area contributed by atoms with E-state index in [0.717, 1.165) is 37.5 Å². The lowest BCUT2D eigenvalue weighted by molar-refractivity contribution is -0.137. The van der Waals surface area contributed by atoms with Gasteiger partial charge in [0.25, 0.3) is 0 Å². The number of hydrogen-bond acceptors (Lipinski definition) is 1. The second-order valence-corrected chi connectivity index (χ2v) is 6.42. The summed E-state index contributed by atoms with van der Waals surface area (Å²) in [5.41, 5.74) is -0.921. The molecule has 2 N–H and O–H groups in total. The number of carbonyl (C=O) groups excluding carboxylic acids is 1. The highest BCUT2D eigenvalue weighted by molar-refractivity contribution is 6.33. The Morgan fingerprint density at radius 2 is 1.87 bits per heavy atom. The van der Waals surface area contributed by atoms with E-state index < -0.39 is 17.8 Å². The average Bonchev–Trinajstić information content (AvgIpc) is 2.39. The second-order valence-electron chi connectivity index (χ2n) is 6.02. The third-order valence-electron chi connectivity index (χ3n) is 3.34. The lowest BCUT2D eigenvalue weighted by atomic mass is 10.0. The molecular formula is C16H22ClF3N2O. The number of rotatable bonds is 6. The minimum Gasteiger partial charge on any atom is -0.335 e. The van der Waals surface area contributed by atoms with Crippen LogP contribution in [0.15, 0.2) is 18.2 Å². The van der Waals surface area contributed by atoms with Crippen LogP contribution in [-0.2, 0) is 6.18 Å². The number of urea groups is 1. The van der Waals surface area contributed by atoms with Crippen molar-refractivity contribution in [2.24, 2.45) is 5.92 Å². The van der Waals surface area contributed by atoms with Crippen LogP contribution >= 0.6 is 11.6 Å². The fraction of sp³-hybridized carbons (Fsp3) is 0.562. The molecule has 1 aromatic carbocycles. The third-order valence-corrected chi connectivity index (χ3v) is 3.67. The number of anilines is 1. The summed E-state index contributed by atoms with van der Waals surface area (Å²) in [4.78, 5) is 11.9. The van der Waals surface area contributed by atoms with E-state index in [1.165, 1.54) is 0 Å². The Morgan fingerprint density at radius 3 is 2.43 bits per heavy atom. The van der Waals surface area contributed by atoms with Gasteiger partial charge in [-0.05, 0) is 37.5 Å². The number of hydrogen-bond donors (Lipinski definition) is 2. The minimum absolute atomic E-state index is 0.0561. The van der Waals surface area contributed by atoms with Crippen LogP contribution in [-0.4, -0.2) is 12.1 Å². The maximum atomic E-state index is 12.7. The van der Waals surface area contributed by atoms with Gasteiger partial charge in [0.15, 0.2) is 0 Å². The summed E-state index contributed by atoms with van der Waals surface area (Å²) in [7, 11) is 0. The SMILES string of the molecule is CC(C)CCCC(C)NC(=O)Nc1cc(C(F)(F)F)ccc1Cl. The zero-order valence-corrected chi connectivity index (χ0v) is 14.2. The summed E-state index contributed by atoms with van der Waals surface area (Å²) in [5.74, 6) is 0.597. The quantitative estimate of drug-likeness (QED) is 0.679. The Bertz CT molecular complexity index is 533. The Morgan fingerprint density at radius 1 is 1.22 bits per heavy atom. The summed E-state index contributed by atoms with van der Waals surface area (Å²) >= 11 is 5.84. The molecule has 130 valence electrons. The topological polar surface area (TPSA) is 41.1 Å². The number of amides is 2. The van der Waals surface area contributed by atoms with Crippen LogP contribution in [0.1, 0.15) is 45.6 Å². The fourth-order valence-electron chi connectivity index (χ4n) is 2.08. The molecule has 0 fully saturated rings. The van der Waals surface area contributed by atoms with Crippen molar-refractivity contribution in [3.8, 4) is 0 Å². The lowest BCUT2D eigenvalue weighted by Crippen LogP contribution is -2.36. The first-order valence-corrected chi connectivity index (χ1v) is 7.91. The molecule has 1 aromatic rings. The van der Waals surface area contributed by atoms with Gasteiger partial charge in [-0.3, -0.25) is 0 Å². The maximum absolute atomic E-state index is 12.7. The molecule has 0 aliphatic heterocycles. The Kier molecular flexibility index (Phi) is 7.19. The summed E-state index contributed by atoms with van der Waals surface area (Å²) in [6.45, 7) is 6.11. The van der Waals surface area contributed by atoms with Crippen molar-refractivity contribution in [3.63, 3.8) is 0 Å². The highest BCUT2D eigenvalue weighted by atomic mass is 35.5. The van der Waals surface area contributed by atoms with Crippen molar-refractivity contribution in [2.45, 2.75) is 52.3 Å². The van der Waals surface area contributed by atoms with Crippen molar-refractivity contribution in [2.75, 3.05) is 5.32 Å². The molecule has 1 atom stereocenters. The number of alkyl halides is 3. The molecule has 1 rings (SSSR count). The number of nitrogens with one attached hydrogen (secondary N) is 2. The molecule has 0 aliphatic rings. The van der Waals surface area contributed by atoms with Gasteiger partial charge < -0.3 is 10.6 Å². The van der Waals surface area contributed by atoms with Gasteiger partial charge in [0.1, 0.15) is 0 Å². The Balaban J connectivity index is 2.60. The minimum atomic E-state index is -4.48. The molecule has 2 amide bonds. The number of carbonyl (C=O) groups is 1. The summed E-state index contributed by atoms with van der Waals surface area (Å²) in [5, 5.41) is 5.12. The van der Waals surface area contributed by atoms with Crippen LogP contribution in [0.4, 0.5) is 23.7 Å². The van der Waals surface area contributed by atoms with E-state index in [0.29, 0.717) is 5.92 Å². The van der Waals surface area contributed by atoms with Crippen LogP contribution in [0.5, 0.6) is 0 Å². The van der Waals surface area contributed by atoms with Crippen molar-refractivity contribution >= 4 is 23.3 Å². The van der Waals surface area contributed by atoms with Crippen molar-refractivity contribution in [1.82, 2.24) is 5.32 Å². The van der Waals surface area contributed by atoms with E-state index in [-0.39, 0.29) is 16.8 Å². The molecule has 1 unspecified atom stereocenters. The van der Waals surface area contributed by atoms with Gasteiger partial charge in [-0.2, -0.15) is 13.2 Å². The van der Waals surface area contributed by atoms with E-state index in [2.05, 4.69) is 24.5 Å². The smallest absolute Gasteiger partial charge is 0.335 e. The van der Waals surface area contributed by atoms with E-state index in [4.69, 9.17) is 11.6 Å². The maximum Gasteiger partial charge on any atom is 0.416 e. The third kappa shape index (κ3) is 7.12. The van der Waals surface area contributed by atoms with E-state index >= 15 is 0 Å². The molecule has 0 spiro atoms. The van der Waals surface area contributed by atoms with Gasteiger partial charge in [-0.15, -0.1) is 0 Å². The van der Waals surface area contributed by atoms with E-state index in [1.54, 1.807) is 0 Å². The highest BCUT2D eigenvalue weighted by Crippen LogP contribution is 2.33. The molecule has 0 aromatic heterocycles. The fourth-order valence-corrected chi connectivity index (χ4v) is 2.25. The molecule has 0 saturated carbocycles. The predicted octanol–water partition coefficient (Wildman–Crippen LogP) is 5.70. The molecule has 3 nitrogen and oxygen atoms in total. The van der Waals surface area contributed by atoms with Gasteiger partial charge in [0.05, 0.1) is 16.3 Å². The molecule has 0 aliphatic carbocycles. The van der Waals surface area contributed by atoms with Crippen LogP contribution in [0.25, 0.3) is 0 Å². The Hall–Kier alpha value is -1.43. The largest absolute Gasteiger partial charge is 0.416 e. The van der Waals surface area contributed by atoms with Gasteiger partial charge >= 0.3 is 12.2 Å². The zero-order valence-electron chi connectivity index (χ0n) is 13.4. The first kappa shape index (κ1) is 19.6. The predicted molar refractivity (Wildman–Crippen MR) is 86.8 cm³/mol. The Labute approximate surface area is 139 Å². The van der Waals surface area contributed by atoms with Crippen molar-refractivity contribution in [3.05, 3.63) is 28.8 Å². The van der Waals surface area contributed by atoms with Crippen LogP contribution < -0.4 is 10.6 Å². The summed E-state index contributed by atoms with van der Waals surface area (Å²) < 4.78 is 38.0. The van der Waals surface area contributed by atoms with E-state index in [9.17, 15) is 18.0 Å². The van der Waals surface area contributed by atoms with Crippen LogP contribution in [0.3, 0.4) is 0 Å². The standard InChI is InChI=1S/C16H22ClF3N2O/c1-10(2)5-4-6-11(3)21-15(23)22-14-9-12(16(18,19)20)7-8-13(14)17/h7-11H,4-6H2,1-3H3,(H2,21,22,23). The molecule has 0 bridgehead atoms. The first-order chi connectivity index (χ1) is 10.6. The monoisotopic (exact) mass is 350 g/mol. The number of benzene rings is 1. The van der Waals surface area contributed by atoms with Gasteiger partial charge in [-0.1, -0.05) is 38.3 Å². The molecule has 0 radical (unpaired) electrons. The summed E-state index contributed by atoms with van der Waals surface area (Å²) in [6.07, 6.45) is -1.64. The molecule has 0 heterocycles. The molecule has 23 heavy (non-hydrogen) atoms. The molecule has 0 saturated heterocycles.